The molecule has 0 saturated carbocycles. The van der Waals surface area contributed by atoms with Crippen LogP contribution in [0.1, 0.15) is 12.8 Å². The number of hydrogen-bond donors (Lipinski definition) is 0. The van der Waals surface area contributed by atoms with Crippen molar-refractivity contribution in [2.75, 3.05) is 0 Å². The third-order valence-electron chi connectivity index (χ3n) is 2.60. The largest absolute Gasteiger partial charge is 0.0622 e. The number of halogens is 1. The van der Waals surface area contributed by atoms with Crippen LogP contribution in [0.3, 0.4) is 0 Å². The van der Waals surface area contributed by atoms with Crippen molar-refractivity contribution in [2.45, 2.75) is 12.8 Å². The molecular formula is C16H15IZr. The normalized spacial score (nSPS) is 15.8. The molecule has 18 heavy (non-hydrogen) atoms. The summed E-state index contributed by atoms with van der Waals surface area (Å²) in [4.78, 5) is 0. The Morgan fingerprint density at radius 3 is 1.72 bits per heavy atom. The van der Waals surface area contributed by atoms with Crippen LogP contribution < -0.4 is 0 Å². The van der Waals surface area contributed by atoms with Crippen LogP contribution >= 0.6 is 22.6 Å². The van der Waals surface area contributed by atoms with E-state index in [1.54, 1.807) is 6.56 Å². The summed E-state index contributed by atoms with van der Waals surface area (Å²) in [6.45, 7) is 0. The fraction of sp³-hybridized carbons (Fsp3) is 0.125. The SMILES string of the molecule is C1=CC[C]([Zr][C]2=CC=CC2)=C1.Ic1ccccc1. The molecule has 0 N–H and O–H groups in total. The van der Waals surface area contributed by atoms with E-state index in [0.717, 1.165) is 0 Å². The predicted molar refractivity (Wildman–Crippen MR) is 82.8 cm³/mol. The molecule has 2 aliphatic carbocycles. The Morgan fingerprint density at radius 1 is 0.833 bits per heavy atom. The third-order valence-corrected chi connectivity index (χ3v) is 6.72. The molecule has 0 fully saturated rings. The zero-order valence-electron chi connectivity index (χ0n) is 10.1. The van der Waals surface area contributed by atoms with Gasteiger partial charge in [-0.1, -0.05) is 18.2 Å². The Hall–Kier alpha value is -0.207. The summed E-state index contributed by atoms with van der Waals surface area (Å²) in [5.74, 6) is 0. The van der Waals surface area contributed by atoms with Crippen molar-refractivity contribution in [1.82, 2.24) is 0 Å². The quantitative estimate of drug-likeness (QED) is 0.582. The molecule has 2 aliphatic rings. The summed E-state index contributed by atoms with van der Waals surface area (Å²) in [5, 5.41) is 0. The Balaban J connectivity index is 0.000000149. The first kappa shape index (κ1) is 14.2. The molecule has 0 aromatic heterocycles. The van der Waals surface area contributed by atoms with Gasteiger partial charge in [0.1, 0.15) is 0 Å². The van der Waals surface area contributed by atoms with Crippen molar-refractivity contribution < 1.29 is 23.2 Å². The van der Waals surface area contributed by atoms with E-state index in [1.807, 2.05) is 18.2 Å². The molecule has 1 aromatic carbocycles. The molecule has 0 nitrogen and oxygen atoms in total. The van der Waals surface area contributed by atoms with Crippen LogP contribution in [0.15, 0.2) is 73.3 Å². The van der Waals surface area contributed by atoms with E-state index in [9.17, 15) is 0 Å². The topological polar surface area (TPSA) is 0 Å². The maximum Gasteiger partial charge on any atom is 0.0130 e. The molecule has 1 aromatic rings. The van der Waals surface area contributed by atoms with Crippen LogP contribution in [0, 0.1) is 3.57 Å². The standard InChI is InChI=1S/C6H5I.2C5H5.Zr/c7-6-4-2-1-3-5-6;2*1-2-4-5-3-1;/h1-5H;2*1-3H,4H2;. The van der Waals surface area contributed by atoms with Crippen LogP contribution in [0.25, 0.3) is 0 Å². The molecular weight excluding hydrogens is 410 g/mol. The van der Waals surface area contributed by atoms with Gasteiger partial charge in [-0.25, -0.2) is 0 Å². The van der Waals surface area contributed by atoms with Crippen LogP contribution in [-0.4, -0.2) is 0 Å². The van der Waals surface area contributed by atoms with E-state index in [-0.39, 0.29) is 23.2 Å². The molecule has 90 valence electrons. The second kappa shape index (κ2) is 8.06. The van der Waals surface area contributed by atoms with Gasteiger partial charge in [-0.05, 0) is 34.7 Å². The van der Waals surface area contributed by atoms with Crippen molar-refractivity contribution in [2.24, 2.45) is 0 Å². The first-order chi connectivity index (χ1) is 8.84. The smallest absolute Gasteiger partial charge is 0.0130 e. The molecule has 0 radical (unpaired) electrons. The first-order valence-corrected chi connectivity index (χ1v) is 9.57. The van der Waals surface area contributed by atoms with E-state index >= 15 is 0 Å². The molecule has 0 heterocycles. The molecule has 3 rings (SSSR count). The van der Waals surface area contributed by atoms with Crippen LogP contribution in [0.4, 0.5) is 0 Å². The van der Waals surface area contributed by atoms with Gasteiger partial charge in [0.05, 0.1) is 0 Å². The average Bonchev–Trinajstić information content (AvgIpc) is 3.05. The molecule has 0 aliphatic heterocycles. The van der Waals surface area contributed by atoms with Gasteiger partial charge in [0, 0.05) is 3.57 Å². The minimum Gasteiger partial charge on any atom is -0.0622 e. The summed E-state index contributed by atoms with van der Waals surface area (Å²) in [6, 6.07) is 10.2. The van der Waals surface area contributed by atoms with Crippen LogP contribution in [0.5, 0.6) is 0 Å². The minimum atomic E-state index is -0.312. The van der Waals surface area contributed by atoms with Gasteiger partial charge in [-0.15, -0.1) is 0 Å². The van der Waals surface area contributed by atoms with E-state index in [4.69, 9.17) is 0 Å². The first-order valence-electron chi connectivity index (χ1n) is 6.03. The van der Waals surface area contributed by atoms with Gasteiger partial charge in [0.15, 0.2) is 0 Å². The third kappa shape index (κ3) is 5.19. The van der Waals surface area contributed by atoms with Gasteiger partial charge >= 0.3 is 79.1 Å². The zero-order chi connectivity index (χ0) is 12.6. The second-order valence-corrected chi connectivity index (χ2v) is 9.09. The van der Waals surface area contributed by atoms with Gasteiger partial charge in [0.2, 0.25) is 0 Å². The van der Waals surface area contributed by atoms with Crippen LogP contribution in [0.2, 0.25) is 0 Å². The Bertz CT molecular complexity index is 467. The minimum absolute atomic E-state index is 0.312. The Labute approximate surface area is 134 Å². The maximum absolute atomic E-state index is 2.31. The summed E-state index contributed by atoms with van der Waals surface area (Å²) in [5.41, 5.74) is 0. The number of benzene rings is 1. The number of hydrogen-bond acceptors (Lipinski definition) is 0. The zero-order valence-corrected chi connectivity index (χ0v) is 14.8. The van der Waals surface area contributed by atoms with Gasteiger partial charge in [0.25, 0.3) is 0 Å². The van der Waals surface area contributed by atoms with Gasteiger partial charge in [-0.3, -0.25) is 0 Å². The molecule has 0 amide bonds. The fourth-order valence-corrected chi connectivity index (χ4v) is 5.09. The van der Waals surface area contributed by atoms with Crippen molar-refractivity contribution in [3.63, 3.8) is 0 Å². The van der Waals surface area contributed by atoms with Crippen molar-refractivity contribution in [3.8, 4) is 0 Å². The summed E-state index contributed by atoms with van der Waals surface area (Å²) in [6.07, 6.45) is 16.0. The summed E-state index contributed by atoms with van der Waals surface area (Å²) < 4.78 is 4.74. The number of rotatable bonds is 2. The van der Waals surface area contributed by atoms with Gasteiger partial charge in [-0.2, -0.15) is 0 Å². The fourth-order valence-electron chi connectivity index (χ4n) is 1.70. The van der Waals surface area contributed by atoms with Crippen molar-refractivity contribution in [3.05, 3.63) is 76.9 Å². The average molecular weight is 425 g/mol. The van der Waals surface area contributed by atoms with E-state index < -0.39 is 0 Å². The number of allylic oxidation sites excluding steroid dienone is 8. The molecule has 0 unspecified atom stereocenters. The van der Waals surface area contributed by atoms with Crippen molar-refractivity contribution in [1.29, 1.82) is 0 Å². The van der Waals surface area contributed by atoms with E-state index in [1.165, 1.54) is 16.4 Å². The Kier molecular flexibility index (Phi) is 6.36. The van der Waals surface area contributed by atoms with Crippen molar-refractivity contribution >= 4 is 22.6 Å². The predicted octanol–water partition coefficient (Wildman–Crippen LogP) is 5.05. The molecule has 2 heteroatoms. The molecule has 0 bridgehead atoms. The second-order valence-electron chi connectivity index (χ2n) is 4.07. The molecule has 0 atom stereocenters. The van der Waals surface area contributed by atoms with E-state index in [2.05, 4.69) is 71.2 Å². The Morgan fingerprint density at radius 2 is 1.39 bits per heavy atom. The maximum atomic E-state index is 2.31. The summed E-state index contributed by atoms with van der Waals surface area (Å²) >= 11 is 1.97. The molecule has 0 spiro atoms. The monoisotopic (exact) mass is 424 g/mol. The van der Waals surface area contributed by atoms with E-state index in [0.29, 0.717) is 0 Å². The van der Waals surface area contributed by atoms with Crippen LogP contribution in [-0.2, 0) is 23.2 Å². The van der Waals surface area contributed by atoms with Gasteiger partial charge < -0.3 is 0 Å². The summed E-state index contributed by atoms with van der Waals surface area (Å²) in [7, 11) is 0. The molecule has 0 saturated heterocycles.